The van der Waals surface area contributed by atoms with E-state index >= 15 is 0 Å². The number of methoxy groups -OCH3 is 1. The van der Waals surface area contributed by atoms with Crippen LogP contribution in [0.1, 0.15) is 31.7 Å². The smallest absolute Gasteiger partial charge is 0.301 e. The highest BCUT2D eigenvalue weighted by atomic mass is 16.6. The molecule has 39 heavy (non-hydrogen) atoms. The fourth-order valence-electron chi connectivity index (χ4n) is 5.17. The summed E-state index contributed by atoms with van der Waals surface area (Å²) in [5, 5.41) is 68.5. The molecule has 0 radical (unpaired) electrons. The number of non-ortho nitro benzene ring substituents is 1. The lowest BCUT2D eigenvalue weighted by Gasteiger charge is -2.48. The van der Waals surface area contributed by atoms with Crippen LogP contribution in [0.4, 0.5) is 17.1 Å². The third kappa shape index (κ3) is 4.54. The summed E-state index contributed by atoms with van der Waals surface area (Å²) in [4.78, 5) is 21.1. The van der Waals surface area contributed by atoms with E-state index in [9.17, 15) is 41.3 Å². The van der Waals surface area contributed by atoms with Crippen molar-refractivity contribution in [3.05, 3.63) is 68.3 Å². The van der Waals surface area contributed by atoms with Gasteiger partial charge in [0.1, 0.15) is 11.4 Å². The van der Waals surface area contributed by atoms with Gasteiger partial charge in [0.2, 0.25) is 0 Å². The molecule has 0 aliphatic heterocycles. The molecule has 2 atom stereocenters. The Hall–Kier alpha value is -5.53. The second-order valence-electron chi connectivity index (χ2n) is 9.25. The molecule has 1 fully saturated rings. The van der Waals surface area contributed by atoms with E-state index < -0.39 is 49.8 Å². The second kappa shape index (κ2) is 10.8. The Bertz CT molecular complexity index is 1480. The lowest BCUT2D eigenvalue weighted by Crippen LogP contribution is -2.56. The summed E-state index contributed by atoms with van der Waals surface area (Å²) in [6, 6.07) is 17.4. The number of nitrogens with one attached hydrogen (secondary N) is 1. The van der Waals surface area contributed by atoms with Gasteiger partial charge < -0.3 is 4.74 Å². The number of nitro benzene ring substituents is 2. The largest absolute Gasteiger partial charge is 0.497 e. The van der Waals surface area contributed by atoms with Gasteiger partial charge in [0, 0.05) is 23.6 Å². The molecular weight excluding hydrogens is 504 g/mol. The minimum Gasteiger partial charge on any atom is -0.497 e. The molecule has 13 heteroatoms. The van der Waals surface area contributed by atoms with Crippen LogP contribution >= 0.6 is 0 Å². The highest BCUT2D eigenvalue weighted by Crippen LogP contribution is 2.60. The Balaban J connectivity index is 2.25. The predicted molar refractivity (Wildman–Crippen MR) is 137 cm³/mol. The Kier molecular flexibility index (Phi) is 7.79. The minimum absolute atomic E-state index is 0.0326. The van der Waals surface area contributed by atoms with Crippen LogP contribution in [0.25, 0.3) is 0 Å². The zero-order valence-electron chi connectivity index (χ0n) is 21.2. The Morgan fingerprint density at radius 2 is 1.56 bits per heavy atom. The Morgan fingerprint density at radius 3 is 2.03 bits per heavy atom. The molecule has 0 amide bonds. The van der Waals surface area contributed by atoms with Crippen LogP contribution in [0.5, 0.6) is 5.75 Å². The minimum atomic E-state index is -2.16. The number of benzene rings is 2. The second-order valence-corrected chi connectivity index (χ2v) is 9.25. The van der Waals surface area contributed by atoms with Gasteiger partial charge in [0.15, 0.2) is 10.8 Å². The quantitative estimate of drug-likeness (QED) is 0.383. The van der Waals surface area contributed by atoms with Crippen LogP contribution in [0, 0.1) is 88.2 Å². The third-order valence-electron chi connectivity index (χ3n) is 6.98. The molecule has 0 aromatic heterocycles. The number of anilines is 1. The van der Waals surface area contributed by atoms with Gasteiger partial charge in [-0.1, -0.05) is 26.0 Å². The van der Waals surface area contributed by atoms with Gasteiger partial charge in [-0.2, -0.15) is 26.1 Å². The molecule has 2 aromatic carbocycles. The maximum absolute atomic E-state index is 11.6. The predicted octanol–water partition coefficient (Wildman–Crippen LogP) is 4.81. The number of nitrogens with zero attached hydrogens (tertiary/aromatic N) is 7. The number of ether oxygens (including phenoxy) is 1. The SMILES string of the molecule is COc1ccc([C@@H]2C/C(=N/Nc3ccc([N+](=O)[O-])cc3[N+](=O)[O-])[C@H](C(C)C)C(C#N)(C#N)C2(C#N)C#N)cc1. The summed E-state index contributed by atoms with van der Waals surface area (Å²) < 4.78 is 5.19. The molecule has 1 saturated carbocycles. The van der Waals surface area contributed by atoms with Crippen LogP contribution in [-0.2, 0) is 0 Å². The van der Waals surface area contributed by atoms with Crippen molar-refractivity contribution < 1.29 is 14.6 Å². The van der Waals surface area contributed by atoms with Crippen molar-refractivity contribution in [3.63, 3.8) is 0 Å². The highest BCUT2D eigenvalue weighted by Gasteiger charge is 2.68. The van der Waals surface area contributed by atoms with Crippen molar-refractivity contribution in [2.75, 3.05) is 12.5 Å². The average Bonchev–Trinajstić information content (AvgIpc) is 2.94. The maximum atomic E-state index is 11.6. The molecule has 1 N–H and O–H groups in total. The van der Waals surface area contributed by atoms with Crippen molar-refractivity contribution in [2.45, 2.75) is 26.2 Å². The fraction of sp³-hybridized carbons (Fsp3) is 0.346. The molecule has 0 heterocycles. The number of nitriles is 4. The zero-order valence-corrected chi connectivity index (χ0v) is 21.2. The van der Waals surface area contributed by atoms with Crippen LogP contribution in [0.15, 0.2) is 47.6 Å². The van der Waals surface area contributed by atoms with Gasteiger partial charge >= 0.3 is 5.69 Å². The maximum Gasteiger partial charge on any atom is 0.301 e. The van der Waals surface area contributed by atoms with Gasteiger partial charge in [-0.25, -0.2) is 0 Å². The summed E-state index contributed by atoms with van der Waals surface area (Å²) in [6.45, 7) is 3.43. The van der Waals surface area contributed by atoms with Crippen LogP contribution in [-0.4, -0.2) is 22.7 Å². The average molecular weight is 527 g/mol. The van der Waals surface area contributed by atoms with E-state index in [4.69, 9.17) is 4.74 Å². The Morgan fingerprint density at radius 1 is 0.974 bits per heavy atom. The summed E-state index contributed by atoms with van der Waals surface area (Å²) >= 11 is 0. The first-order valence-corrected chi connectivity index (χ1v) is 11.6. The highest BCUT2D eigenvalue weighted by molar-refractivity contribution is 5.92. The normalized spacial score (nSPS) is 20.1. The zero-order chi connectivity index (χ0) is 29.0. The van der Waals surface area contributed by atoms with E-state index in [-0.39, 0.29) is 17.8 Å². The van der Waals surface area contributed by atoms with Crippen LogP contribution < -0.4 is 10.2 Å². The summed E-state index contributed by atoms with van der Waals surface area (Å²) in [7, 11) is 1.47. The van der Waals surface area contributed by atoms with E-state index in [0.29, 0.717) is 11.3 Å². The first kappa shape index (κ1) is 28.0. The van der Waals surface area contributed by atoms with Crippen LogP contribution in [0.2, 0.25) is 0 Å². The molecule has 1 aliphatic rings. The standard InChI is InChI=1S/C26H22N8O5/c1-16(2)24-22(32-31-21-9-6-18(33(35)36)10-23(21)34(37)38)11-20(17-4-7-19(39-3)8-5-17)25(12-27,13-28)26(24,14-29)15-30/h4-10,16,20,24,31H,11H2,1-3H3/b32-22-/t20-,24-/m0/s1. The molecule has 3 rings (SSSR count). The topological polar surface area (TPSA) is 215 Å². The van der Waals surface area contributed by atoms with Gasteiger partial charge in [0.05, 0.1) is 47.3 Å². The molecule has 0 saturated heterocycles. The molecule has 196 valence electrons. The summed E-state index contributed by atoms with van der Waals surface area (Å²) in [5.74, 6) is -1.91. The Labute approximate surface area is 223 Å². The summed E-state index contributed by atoms with van der Waals surface area (Å²) in [5.41, 5.74) is -2.19. The van der Waals surface area contributed by atoms with Crippen molar-refractivity contribution >= 4 is 22.8 Å². The van der Waals surface area contributed by atoms with Gasteiger partial charge in [-0.3, -0.25) is 25.7 Å². The number of hydrazone groups is 1. The summed E-state index contributed by atoms with van der Waals surface area (Å²) in [6.07, 6.45) is -0.0326. The van der Waals surface area contributed by atoms with Crippen molar-refractivity contribution in [3.8, 4) is 30.0 Å². The number of hydrogen-bond donors (Lipinski definition) is 1. The van der Waals surface area contributed by atoms with E-state index in [2.05, 4.69) is 10.5 Å². The van der Waals surface area contributed by atoms with Gasteiger partial charge in [-0.05, 0) is 36.1 Å². The van der Waals surface area contributed by atoms with Crippen molar-refractivity contribution in [1.82, 2.24) is 0 Å². The van der Waals surface area contributed by atoms with E-state index in [1.165, 1.54) is 7.11 Å². The third-order valence-corrected chi connectivity index (χ3v) is 6.98. The molecule has 0 bridgehead atoms. The van der Waals surface area contributed by atoms with Crippen molar-refractivity contribution in [2.24, 2.45) is 27.8 Å². The monoisotopic (exact) mass is 526 g/mol. The van der Waals surface area contributed by atoms with E-state index in [1.54, 1.807) is 38.1 Å². The van der Waals surface area contributed by atoms with Crippen LogP contribution in [0.3, 0.4) is 0 Å². The lowest BCUT2D eigenvalue weighted by molar-refractivity contribution is -0.393. The molecule has 0 spiro atoms. The molecular formula is C26H22N8O5. The van der Waals surface area contributed by atoms with E-state index in [1.807, 2.05) is 24.3 Å². The van der Waals surface area contributed by atoms with Crippen molar-refractivity contribution in [1.29, 1.82) is 21.0 Å². The fourth-order valence-corrected chi connectivity index (χ4v) is 5.17. The number of hydrogen-bond acceptors (Lipinski definition) is 11. The molecule has 0 unspecified atom stereocenters. The first-order valence-electron chi connectivity index (χ1n) is 11.6. The number of nitro groups is 2. The van der Waals surface area contributed by atoms with Gasteiger partial charge in [-0.15, -0.1) is 0 Å². The van der Waals surface area contributed by atoms with E-state index in [0.717, 1.165) is 18.2 Å². The number of rotatable bonds is 7. The van der Waals surface area contributed by atoms with Gasteiger partial charge in [0.25, 0.3) is 5.69 Å². The molecule has 1 aliphatic carbocycles. The first-order chi connectivity index (χ1) is 18.5. The molecule has 13 nitrogen and oxygen atoms in total. The lowest BCUT2D eigenvalue weighted by atomic mass is 9.46. The molecule has 2 aromatic rings.